The molecule has 0 aliphatic rings. The topological polar surface area (TPSA) is 17.1 Å². The highest BCUT2D eigenvalue weighted by atomic mass is 16.1. The third-order valence-electron chi connectivity index (χ3n) is 1.10. The predicted molar refractivity (Wildman–Crippen MR) is 43.9 cm³/mol. The Balaban J connectivity index is 3.27. The highest BCUT2D eigenvalue weighted by Gasteiger charge is 1.86. The van der Waals surface area contributed by atoms with Crippen molar-refractivity contribution in [3.05, 3.63) is 24.3 Å². The Morgan fingerprint density at radius 2 is 2.10 bits per heavy atom. The zero-order chi connectivity index (χ0) is 7.82. The lowest BCUT2D eigenvalue weighted by Gasteiger charge is -1.85. The molecule has 0 unspecified atom stereocenters. The van der Waals surface area contributed by atoms with E-state index in [1.807, 2.05) is 31.2 Å². The predicted octanol–water partition coefficient (Wildman–Crippen LogP) is 2.49. The van der Waals surface area contributed by atoms with E-state index in [1.54, 1.807) is 6.92 Å². The molecular weight excluding hydrogens is 124 g/mol. The van der Waals surface area contributed by atoms with Crippen LogP contribution in [0.15, 0.2) is 24.3 Å². The van der Waals surface area contributed by atoms with E-state index in [1.165, 1.54) is 0 Å². The van der Waals surface area contributed by atoms with Gasteiger partial charge in [0, 0.05) is 6.42 Å². The number of Topliss-reactive ketones (excluding diaryl/α,β-unsaturated/α-hetero) is 1. The number of hydrogen-bond acceptors (Lipinski definition) is 1. The van der Waals surface area contributed by atoms with Gasteiger partial charge < -0.3 is 4.79 Å². The fraction of sp³-hybridized carbons (Fsp3) is 0.444. The van der Waals surface area contributed by atoms with Crippen molar-refractivity contribution in [2.45, 2.75) is 26.7 Å². The van der Waals surface area contributed by atoms with Gasteiger partial charge in [-0.25, -0.2) is 0 Å². The molecule has 0 N–H and O–H groups in total. The molecule has 0 rings (SSSR count). The molecule has 0 spiro atoms. The van der Waals surface area contributed by atoms with Crippen LogP contribution < -0.4 is 0 Å². The van der Waals surface area contributed by atoms with Gasteiger partial charge in [0.15, 0.2) is 0 Å². The van der Waals surface area contributed by atoms with Crippen LogP contribution in [0.1, 0.15) is 26.7 Å². The van der Waals surface area contributed by atoms with Crippen LogP contribution >= 0.6 is 0 Å². The van der Waals surface area contributed by atoms with Crippen LogP contribution in [0.3, 0.4) is 0 Å². The van der Waals surface area contributed by atoms with Crippen LogP contribution in [-0.2, 0) is 4.79 Å². The molecule has 0 aliphatic carbocycles. The lowest BCUT2D eigenvalue weighted by Crippen LogP contribution is -1.85. The standard InChI is InChI=1S/C9H14O/c1-3-4-5-6-7-8-9(2)10/h3-6H,7-8H2,1-2H3. The van der Waals surface area contributed by atoms with Crippen molar-refractivity contribution in [1.82, 2.24) is 0 Å². The normalized spacial score (nSPS) is 11.4. The van der Waals surface area contributed by atoms with Crippen LogP contribution in [0.2, 0.25) is 0 Å². The van der Waals surface area contributed by atoms with Crippen molar-refractivity contribution in [2.24, 2.45) is 0 Å². The molecule has 0 atom stereocenters. The third kappa shape index (κ3) is 7.15. The van der Waals surface area contributed by atoms with Gasteiger partial charge in [0.2, 0.25) is 0 Å². The first-order valence-corrected chi connectivity index (χ1v) is 3.54. The van der Waals surface area contributed by atoms with E-state index in [9.17, 15) is 4.79 Å². The summed E-state index contributed by atoms with van der Waals surface area (Å²) in [5, 5.41) is 0. The Morgan fingerprint density at radius 1 is 1.40 bits per heavy atom. The van der Waals surface area contributed by atoms with E-state index in [2.05, 4.69) is 0 Å². The number of rotatable bonds is 4. The highest BCUT2D eigenvalue weighted by molar-refractivity contribution is 5.75. The summed E-state index contributed by atoms with van der Waals surface area (Å²) in [4.78, 5) is 10.4. The number of carbonyl (C=O) groups excluding carboxylic acids is 1. The minimum Gasteiger partial charge on any atom is -0.300 e. The molecular formula is C9H14O. The highest BCUT2D eigenvalue weighted by Crippen LogP contribution is 1.91. The minimum absolute atomic E-state index is 0.255. The summed E-state index contributed by atoms with van der Waals surface area (Å²) >= 11 is 0. The average Bonchev–Trinajstić information content (AvgIpc) is 1.87. The molecule has 0 bridgehead atoms. The van der Waals surface area contributed by atoms with E-state index in [4.69, 9.17) is 0 Å². The molecule has 0 heterocycles. The first kappa shape index (κ1) is 9.15. The quantitative estimate of drug-likeness (QED) is 0.545. The van der Waals surface area contributed by atoms with Crippen LogP contribution in [-0.4, -0.2) is 5.78 Å². The lowest BCUT2D eigenvalue weighted by atomic mass is 10.2. The van der Waals surface area contributed by atoms with Crippen LogP contribution in [0.5, 0.6) is 0 Å². The van der Waals surface area contributed by atoms with Crippen LogP contribution in [0.4, 0.5) is 0 Å². The molecule has 0 aliphatic heterocycles. The smallest absolute Gasteiger partial charge is 0.130 e. The Labute approximate surface area is 62.4 Å². The van der Waals surface area contributed by atoms with Gasteiger partial charge >= 0.3 is 0 Å². The maximum atomic E-state index is 10.4. The maximum absolute atomic E-state index is 10.4. The molecule has 0 aromatic heterocycles. The summed E-state index contributed by atoms with van der Waals surface area (Å²) in [5.41, 5.74) is 0. The summed E-state index contributed by atoms with van der Waals surface area (Å²) < 4.78 is 0. The molecule has 0 aromatic carbocycles. The molecule has 0 saturated heterocycles. The largest absolute Gasteiger partial charge is 0.300 e. The van der Waals surface area contributed by atoms with Crippen molar-refractivity contribution >= 4 is 5.78 Å². The minimum atomic E-state index is 0.255. The zero-order valence-corrected chi connectivity index (χ0v) is 6.63. The number of allylic oxidation sites excluding steroid dienone is 4. The van der Waals surface area contributed by atoms with E-state index < -0.39 is 0 Å². The van der Waals surface area contributed by atoms with E-state index in [-0.39, 0.29) is 5.78 Å². The first-order valence-electron chi connectivity index (χ1n) is 3.54. The second-order valence-electron chi connectivity index (χ2n) is 2.19. The SMILES string of the molecule is CC=CC=CCCC(C)=O. The van der Waals surface area contributed by atoms with Gasteiger partial charge in [0.25, 0.3) is 0 Å². The maximum Gasteiger partial charge on any atom is 0.130 e. The fourth-order valence-corrected chi connectivity index (χ4v) is 0.573. The van der Waals surface area contributed by atoms with Gasteiger partial charge in [-0.05, 0) is 20.3 Å². The molecule has 0 saturated carbocycles. The van der Waals surface area contributed by atoms with E-state index in [0.29, 0.717) is 6.42 Å². The summed E-state index contributed by atoms with van der Waals surface area (Å²) in [6.07, 6.45) is 9.41. The Bertz CT molecular complexity index is 143. The Kier molecular flexibility index (Phi) is 5.74. The molecule has 0 aromatic rings. The number of carbonyl (C=O) groups is 1. The Hall–Kier alpha value is -0.850. The third-order valence-corrected chi connectivity index (χ3v) is 1.10. The first-order chi connectivity index (χ1) is 4.77. The van der Waals surface area contributed by atoms with Crippen LogP contribution in [0, 0.1) is 0 Å². The van der Waals surface area contributed by atoms with Gasteiger partial charge in [-0.1, -0.05) is 24.3 Å². The van der Waals surface area contributed by atoms with Crippen molar-refractivity contribution in [3.63, 3.8) is 0 Å². The number of ketones is 1. The van der Waals surface area contributed by atoms with E-state index >= 15 is 0 Å². The molecule has 0 fully saturated rings. The summed E-state index contributed by atoms with van der Waals surface area (Å²) in [7, 11) is 0. The van der Waals surface area contributed by atoms with Gasteiger partial charge in [0.1, 0.15) is 5.78 Å². The molecule has 0 amide bonds. The molecule has 1 heteroatoms. The summed E-state index contributed by atoms with van der Waals surface area (Å²) in [6.45, 7) is 3.58. The second kappa shape index (κ2) is 6.27. The molecule has 56 valence electrons. The summed E-state index contributed by atoms with van der Waals surface area (Å²) in [5.74, 6) is 0.255. The molecule has 1 nitrogen and oxygen atoms in total. The summed E-state index contributed by atoms with van der Waals surface area (Å²) in [6, 6.07) is 0. The Morgan fingerprint density at radius 3 is 2.60 bits per heavy atom. The second-order valence-corrected chi connectivity index (χ2v) is 2.19. The molecule has 10 heavy (non-hydrogen) atoms. The van der Waals surface area contributed by atoms with Crippen molar-refractivity contribution in [2.75, 3.05) is 0 Å². The van der Waals surface area contributed by atoms with Crippen molar-refractivity contribution in [1.29, 1.82) is 0 Å². The van der Waals surface area contributed by atoms with Crippen molar-refractivity contribution < 1.29 is 4.79 Å². The molecule has 0 radical (unpaired) electrons. The van der Waals surface area contributed by atoms with Crippen LogP contribution in [0.25, 0.3) is 0 Å². The van der Waals surface area contributed by atoms with Gasteiger partial charge in [-0.15, -0.1) is 0 Å². The van der Waals surface area contributed by atoms with Gasteiger partial charge in [0.05, 0.1) is 0 Å². The monoisotopic (exact) mass is 138 g/mol. The zero-order valence-electron chi connectivity index (χ0n) is 6.63. The lowest BCUT2D eigenvalue weighted by molar-refractivity contribution is -0.116. The fourth-order valence-electron chi connectivity index (χ4n) is 0.573. The van der Waals surface area contributed by atoms with Gasteiger partial charge in [-0.2, -0.15) is 0 Å². The van der Waals surface area contributed by atoms with E-state index in [0.717, 1.165) is 6.42 Å². The average molecular weight is 138 g/mol. The van der Waals surface area contributed by atoms with Gasteiger partial charge in [-0.3, -0.25) is 0 Å². The number of hydrogen-bond donors (Lipinski definition) is 0. The van der Waals surface area contributed by atoms with Crippen molar-refractivity contribution in [3.8, 4) is 0 Å².